The molecule has 3 heterocycles. The fourth-order valence-corrected chi connectivity index (χ4v) is 3.36. The maximum atomic E-state index is 5.45. The summed E-state index contributed by atoms with van der Waals surface area (Å²) >= 11 is 0. The highest BCUT2D eigenvalue weighted by Gasteiger charge is 2.30. The molecular formula is C17H27N5O. The number of nitrogens with zero attached hydrogens (tertiary/aromatic N) is 4. The van der Waals surface area contributed by atoms with Crippen molar-refractivity contribution < 1.29 is 4.74 Å². The molecule has 126 valence electrons. The number of guanidine groups is 1. The monoisotopic (exact) mass is 317 g/mol. The summed E-state index contributed by atoms with van der Waals surface area (Å²) < 4.78 is 5.45. The molecule has 23 heavy (non-hydrogen) atoms. The average Bonchev–Trinajstić information content (AvgIpc) is 3.10. The van der Waals surface area contributed by atoms with Crippen LogP contribution in [0, 0.1) is 0 Å². The van der Waals surface area contributed by atoms with E-state index in [0.29, 0.717) is 6.04 Å². The Morgan fingerprint density at radius 1 is 1.35 bits per heavy atom. The van der Waals surface area contributed by atoms with Crippen molar-refractivity contribution in [3.05, 3.63) is 30.1 Å². The lowest BCUT2D eigenvalue weighted by Gasteiger charge is -2.32. The highest BCUT2D eigenvalue weighted by molar-refractivity contribution is 5.80. The van der Waals surface area contributed by atoms with Gasteiger partial charge in [0.1, 0.15) is 0 Å². The second-order valence-corrected chi connectivity index (χ2v) is 6.08. The molecule has 1 unspecified atom stereocenters. The number of hydrogen-bond acceptors (Lipinski definition) is 4. The number of aliphatic imine (C=N–C) groups is 1. The van der Waals surface area contributed by atoms with Crippen molar-refractivity contribution in [1.29, 1.82) is 0 Å². The van der Waals surface area contributed by atoms with Gasteiger partial charge >= 0.3 is 0 Å². The van der Waals surface area contributed by atoms with Crippen LogP contribution in [0.1, 0.15) is 12.1 Å². The van der Waals surface area contributed by atoms with Crippen LogP contribution in [-0.2, 0) is 11.2 Å². The zero-order valence-corrected chi connectivity index (χ0v) is 13.9. The fraction of sp³-hybridized carbons (Fsp3) is 0.647. The fourth-order valence-electron chi connectivity index (χ4n) is 3.36. The van der Waals surface area contributed by atoms with Crippen molar-refractivity contribution in [2.45, 2.75) is 18.9 Å². The first kappa shape index (κ1) is 16.2. The van der Waals surface area contributed by atoms with Gasteiger partial charge in [0.05, 0.1) is 13.2 Å². The van der Waals surface area contributed by atoms with E-state index in [1.807, 2.05) is 25.4 Å². The summed E-state index contributed by atoms with van der Waals surface area (Å²) in [5.74, 6) is 1.01. The number of aromatic nitrogens is 1. The summed E-state index contributed by atoms with van der Waals surface area (Å²) in [6.45, 7) is 6.85. The van der Waals surface area contributed by atoms with Gasteiger partial charge in [0.15, 0.2) is 5.96 Å². The van der Waals surface area contributed by atoms with E-state index in [-0.39, 0.29) is 0 Å². The molecule has 0 aromatic carbocycles. The average molecular weight is 317 g/mol. The van der Waals surface area contributed by atoms with Gasteiger partial charge in [-0.2, -0.15) is 0 Å². The molecule has 2 aliphatic heterocycles. The number of nitrogens with one attached hydrogen (secondary N) is 1. The van der Waals surface area contributed by atoms with Crippen LogP contribution in [0.3, 0.4) is 0 Å². The van der Waals surface area contributed by atoms with E-state index in [2.05, 4.69) is 31.2 Å². The highest BCUT2D eigenvalue weighted by Crippen LogP contribution is 2.17. The van der Waals surface area contributed by atoms with Crippen LogP contribution < -0.4 is 5.32 Å². The first-order valence-corrected chi connectivity index (χ1v) is 8.54. The molecule has 3 rings (SSSR count). The first-order chi connectivity index (χ1) is 11.4. The van der Waals surface area contributed by atoms with Gasteiger partial charge in [-0.05, 0) is 18.6 Å². The third kappa shape index (κ3) is 4.42. The van der Waals surface area contributed by atoms with Gasteiger partial charge in [-0.1, -0.05) is 6.07 Å². The smallest absolute Gasteiger partial charge is 0.193 e. The Morgan fingerprint density at radius 3 is 2.96 bits per heavy atom. The Morgan fingerprint density at radius 2 is 2.22 bits per heavy atom. The molecule has 0 bridgehead atoms. The number of rotatable bonds is 4. The zero-order valence-electron chi connectivity index (χ0n) is 13.9. The quantitative estimate of drug-likeness (QED) is 0.651. The maximum Gasteiger partial charge on any atom is 0.193 e. The van der Waals surface area contributed by atoms with Gasteiger partial charge in [0, 0.05) is 64.1 Å². The Labute approximate surface area is 138 Å². The van der Waals surface area contributed by atoms with Crippen molar-refractivity contribution in [1.82, 2.24) is 20.1 Å². The van der Waals surface area contributed by atoms with E-state index in [4.69, 9.17) is 4.74 Å². The molecule has 2 fully saturated rings. The van der Waals surface area contributed by atoms with Crippen molar-refractivity contribution in [3.63, 3.8) is 0 Å². The van der Waals surface area contributed by atoms with E-state index in [1.54, 1.807) is 0 Å². The Bertz CT molecular complexity index is 501. The van der Waals surface area contributed by atoms with Gasteiger partial charge < -0.3 is 15.0 Å². The lowest BCUT2D eigenvalue weighted by atomic mass is 10.2. The van der Waals surface area contributed by atoms with Gasteiger partial charge in [-0.15, -0.1) is 0 Å². The minimum absolute atomic E-state index is 0.633. The van der Waals surface area contributed by atoms with Crippen LogP contribution in [0.25, 0.3) is 0 Å². The normalized spacial score (nSPS) is 23.3. The molecule has 1 atom stereocenters. The number of hydrogen-bond donors (Lipinski definition) is 1. The topological polar surface area (TPSA) is 53.0 Å². The van der Waals surface area contributed by atoms with Crippen LogP contribution in [-0.4, -0.2) is 79.8 Å². The third-order valence-corrected chi connectivity index (χ3v) is 4.63. The predicted molar refractivity (Wildman–Crippen MR) is 91.7 cm³/mol. The second kappa shape index (κ2) is 8.26. The molecule has 0 amide bonds. The summed E-state index contributed by atoms with van der Waals surface area (Å²) in [5, 5.41) is 3.48. The van der Waals surface area contributed by atoms with Crippen molar-refractivity contribution in [2.75, 3.05) is 53.0 Å². The van der Waals surface area contributed by atoms with Gasteiger partial charge in [0.2, 0.25) is 0 Å². The molecule has 6 nitrogen and oxygen atoms in total. The highest BCUT2D eigenvalue weighted by atomic mass is 16.5. The molecular weight excluding hydrogens is 290 g/mol. The molecule has 2 aliphatic rings. The molecule has 6 heteroatoms. The zero-order chi connectivity index (χ0) is 15.9. The second-order valence-electron chi connectivity index (χ2n) is 6.08. The van der Waals surface area contributed by atoms with E-state index in [1.165, 1.54) is 6.42 Å². The summed E-state index contributed by atoms with van der Waals surface area (Å²) in [6, 6.07) is 6.68. The SMILES string of the molecule is CN=C(NCCc1ccccn1)N1CCC(N2CCOCC2)C1. The summed E-state index contributed by atoms with van der Waals surface area (Å²) in [4.78, 5) is 13.7. The van der Waals surface area contributed by atoms with E-state index in [9.17, 15) is 0 Å². The van der Waals surface area contributed by atoms with Crippen molar-refractivity contribution >= 4 is 5.96 Å². The lowest BCUT2D eigenvalue weighted by Crippen LogP contribution is -2.46. The summed E-state index contributed by atoms with van der Waals surface area (Å²) in [5.41, 5.74) is 1.11. The minimum Gasteiger partial charge on any atom is -0.379 e. The van der Waals surface area contributed by atoms with Crippen molar-refractivity contribution in [3.8, 4) is 0 Å². The van der Waals surface area contributed by atoms with E-state index in [0.717, 1.165) is 64.0 Å². The molecule has 1 aromatic heterocycles. The standard InChI is InChI=1S/C17H27N5O/c1-18-17(20-8-5-15-4-2-3-7-19-15)22-9-6-16(14-22)21-10-12-23-13-11-21/h2-4,7,16H,5-6,8-14H2,1H3,(H,18,20). The lowest BCUT2D eigenvalue weighted by molar-refractivity contribution is 0.0195. The van der Waals surface area contributed by atoms with Crippen LogP contribution in [0.4, 0.5) is 0 Å². The molecule has 0 saturated carbocycles. The number of likely N-dealkylation sites (tertiary alicyclic amines) is 1. The summed E-state index contributed by atoms with van der Waals surface area (Å²) in [6.07, 6.45) is 3.97. The number of morpholine rings is 1. The van der Waals surface area contributed by atoms with Crippen LogP contribution in [0.2, 0.25) is 0 Å². The Kier molecular flexibility index (Phi) is 5.82. The third-order valence-electron chi connectivity index (χ3n) is 4.63. The van der Waals surface area contributed by atoms with Gasteiger partial charge in [-0.25, -0.2) is 0 Å². The molecule has 1 aromatic rings. The van der Waals surface area contributed by atoms with Crippen LogP contribution in [0.15, 0.2) is 29.4 Å². The molecule has 1 N–H and O–H groups in total. The molecule has 0 spiro atoms. The molecule has 0 radical (unpaired) electrons. The van der Waals surface area contributed by atoms with Gasteiger partial charge in [-0.3, -0.25) is 14.9 Å². The molecule has 0 aliphatic carbocycles. The van der Waals surface area contributed by atoms with Crippen LogP contribution >= 0.6 is 0 Å². The van der Waals surface area contributed by atoms with Gasteiger partial charge in [0.25, 0.3) is 0 Å². The van der Waals surface area contributed by atoms with Crippen molar-refractivity contribution in [2.24, 2.45) is 4.99 Å². The number of pyridine rings is 1. The largest absolute Gasteiger partial charge is 0.379 e. The van der Waals surface area contributed by atoms with Crippen LogP contribution in [0.5, 0.6) is 0 Å². The number of ether oxygens (including phenoxy) is 1. The Hall–Kier alpha value is -1.66. The Balaban J connectivity index is 1.45. The van der Waals surface area contributed by atoms with E-state index >= 15 is 0 Å². The van der Waals surface area contributed by atoms with E-state index < -0.39 is 0 Å². The summed E-state index contributed by atoms with van der Waals surface area (Å²) in [7, 11) is 1.87. The minimum atomic E-state index is 0.633. The first-order valence-electron chi connectivity index (χ1n) is 8.54. The molecule has 2 saturated heterocycles. The maximum absolute atomic E-state index is 5.45. The predicted octanol–water partition coefficient (Wildman–Crippen LogP) is 0.606.